The molecule has 0 bridgehead atoms. The number of amides is 2. The van der Waals surface area contributed by atoms with Crippen molar-refractivity contribution in [1.82, 2.24) is 5.32 Å². The Bertz CT molecular complexity index is 1080. The van der Waals surface area contributed by atoms with E-state index in [-0.39, 0.29) is 16.4 Å². The van der Waals surface area contributed by atoms with Crippen molar-refractivity contribution in [2.75, 3.05) is 13.2 Å². The molecule has 2 heterocycles. The number of rotatable bonds is 7. The summed E-state index contributed by atoms with van der Waals surface area (Å²) in [5.74, 6) is 2.48. The van der Waals surface area contributed by atoms with Gasteiger partial charge in [0.1, 0.15) is 29.5 Å². The van der Waals surface area contributed by atoms with E-state index in [2.05, 4.69) is 33.0 Å². The van der Waals surface area contributed by atoms with Gasteiger partial charge in [0.2, 0.25) is 5.91 Å². The number of fused-ring (bicyclic) bond motifs is 1. The van der Waals surface area contributed by atoms with Gasteiger partial charge in [-0.3, -0.25) is 14.9 Å². The maximum absolute atomic E-state index is 11.8. The normalized spacial score (nSPS) is 21.9. The molecule has 176 valence electrons. The fourth-order valence-corrected chi connectivity index (χ4v) is 5.30. The van der Waals surface area contributed by atoms with Crippen LogP contribution in [-0.2, 0) is 17.6 Å². The molecular weight excluding hydrogens is 438 g/mol. The number of thioether (sulfide) groups is 1. The summed E-state index contributed by atoms with van der Waals surface area (Å²) < 4.78 is 18.6. The van der Waals surface area contributed by atoms with E-state index in [0.717, 1.165) is 58.5 Å². The predicted molar refractivity (Wildman–Crippen MR) is 130 cm³/mol. The average Bonchev–Trinajstić information content (AvgIpc) is 3.11. The van der Waals surface area contributed by atoms with E-state index >= 15 is 0 Å². The Morgan fingerprint density at radius 2 is 1.82 bits per heavy atom. The Morgan fingerprint density at radius 1 is 1.09 bits per heavy atom. The number of carbonyl (C=O) groups is 2. The summed E-state index contributed by atoms with van der Waals surface area (Å²) in [6, 6.07) is 7.69. The third-order valence-electron chi connectivity index (χ3n) is 6.51. The van der Waals surface area contributed by atoms with E-state index in [4.69, 9.17) is 14.2 Å². The first-order valence-corrected chi connectivity index (χ1v) is 12.3. The third-order valence-corrected chi connectivity index (χ3v) is 7.49. The summed E-state index contributed by atoms with van der Waals surface area (Å²) in [5.41, 5.74) is 5.22. The molecule has 1 saturated heterocycles. The lowest BCUT2D eigenvalue weighted by atomic mass is 9.87. The third kappa shape index (κ3) is 4.83. The average molecular weight is 470 g/mol. The van der Waals surface area contributed by atoms with Crippen molar-refractivity contribution in [2.45, 2.75) is 64.7 Å². The summed E-state index contributed by atoms with van der Waals surface area (Å²) in [7, 11) is 0. The molecule has 4 rings (SSSR count). The summed E-state index contributed by atoms with van der Waals surface area (Å²) in [4.78, 5) is 23.1. The number of benzene rings is 2. The van der Waals surface area contributed by atoms with Crippen molar-refractivity contribution in [3.05, 3.63) is 52.1 Å². The highest BCUT2D eigenvalue weighted by molar-refractivity contribution is 8.15. The molecule has 6 nitrogen and oxygen atoms in total. The van der Waals surface area contributed by atoms with Gasteiger partial charge in [-0.05, 0) is 88.3 Å². The first-order valence-electron chi connectivity index (χ1n) is 11.4. The molecule has 2 aliphatic rings. The van der Waals surface area contributed by atoms with Crippen molar-refractivity contribution in [1.29, 1.82) is 0 Å². The van der Waals surface area contributed by atoms with Gasteiger partial charge in [-0.15, -0.1) is 0 Å². The van der Waals surface area contributed by atoms with Crippen LogP contribution >= 0.6 is 11.8 Å². The van der Waals surface area contributed by atoms with E-state index < -0.39 is 5.60 Å². The summed E-state index contributed by atoms with van der Waals surface area (Å²) in [6.45, 7) is 11.5. The largest absolute Gasteiger partial charge is 0.493 e. The van der Waals surface area contributed by atoms with E-state index in [1.807, 2.05) is 31.2 Å². The summed E-state index contributed by atoms with van der Waals surface area (Å²) in [6.07, 6.45) is 2.29. The van der Waals surface area contributed by atoms with Crippen LogP contribution in [0.4, 0.5) is 4.79 Å². The molecule has 1 N–H and O–H groups in total. The minimum atomic E-state index is -0.429. The van der Waals surface area contributed by atoms with Crippen molar-refractivity contribution in [3.63, 3.8) is 0 Å². The van der Waals surface area contributed by atoms with E-state index in [1.54, 1.807) is 0 Å². The molecule has 0 aliphatic carbocycles. The van der Waals surface area contributed by atoms with Gasteiger partial charge in [0.15, 0.2) is 0 Å². The van der Waals surface area contributed by atoms with Crippen molar-refractivity contribution in [2.24, 2.45) is 0 Å². The Labute approximate surface area is 199 Å². The molecule has 2 aliphatic heterocycles. The molecular formula is C26H31NO5S. The molecule has 0 radical (unpaired) electrons. The molecule has 7 heteroatoms. The lowest BCUT2D eigenvalue weighted by molar-refractivity contribution is -0.118. The smallest absolute Gasteiger partial charge is 0.286 e. The van der Waals surface area contributed by atoms with Gasteiger partial charge in [-0.2, -0.15) is 0 Å². The summed E-state index contributed by atoms with van der Waals surface area (Å²) >= 11 is 1.05. The van der Waals surface area contributed by atoms with Gasteiger partial charge >= 0.3 is 0 Å². The molecule has 0 aromatic heterocycles. The Hall–Kier alpha value is -2.67. The second kappa shape index (κ2) is 9.29. The van der Waals surface area contributed by atoms with Crippen LogP contribution in [0.5, 0.6) is 17.2 Å². The van der Waals surface area contributed by atoms with Gasteiger partial charge in [0.05, 0.1) is 11.9 Å². The van der Waals surface area contributed by atoms with Crippen LogP contribution in [0.3, 0.4) is 0 Å². The van der Waals surface area contributed by atoms with Crippen molar-refractivity contribution in [3.8, 4) is 17.2 Å². The molecule has 2 unspecified atom stereocenters. The van der Waals surface area contributed by atoms with Crippen LogP contribution in [0.25, 0.3) is 0 Å². The Balaban J connectivity index is 1.41. The fraction of sp³-hybridized carbons (Fsp3) is 0.462. The van der Waals surface area contributed by atoms with Crippen molar-refractivity contribution < 1.29 is 23.8 Å². The van der Waals surface area contributed by atoms with E-state index in [1.165, 1.54) is 11.1 Å². The van der Waals surface area contributed by atoms with Gasteiger partial charge in [0, 0.05) is 5.56 Å². The quantitative estimate of drug-likeness (QED) is 0.611. The molecule has 2 amide bonds. The fourth-order valence-electron chi connectivity index (χ4n) is 4.44. The zero-order chi connectivity index (χ0) is 23.8. The van der Waals surface area contributed by atoms with E-state index in [9.17, 15) is 9.59 Å². The molecule has 33 heavy (non-hydrogen) atoms. The standard InChI is InChI=1S/C26H31NO5S/c1-6-30-22-15(2)16(3)23-20(17(22)4)11-12-26(5,32-23)14-31-19-9-7-18(8-10-19)13-21-24(28)27-25(29)33-21/h7-10,21H,6,11-14H2,1-5H3,(H,27,28,29). The van der Waals surface area contributed by atoms with Crippen LogP contribution in [0.1, 0.15) is 48.1 Å². The van der Waals surface area contributed by atoms with Crippen LogP contribution in [0.15, 0.2) is 24.3 Å². The van der Waals surface area contributed by atoms with Crippen LogP contribution in [-0.4, -0.2) is 35.2 Å². The zero-order valence-corrected chi connectivity index (χ0v) is 20.7. The molecule has 0 saturated carbocycles. The highest BCUT2D eigenvalue weighted by Gasteiger charge is 2.36. The minimum absolute atomic E-state index is 0.220. The predicted octanol–water partition coefficient (Wildman–Crippen LogP) is 5.07. The number of imide groups is 1. The van der Waals surface area contributed by atoms with Crippen LogP contribution in [0, 0.1) is 20.8 Å². The molecule has 0 spiro atoms. The second-order valence-corrected chi connectivity index (χ2v) is 10.2. The van der Waals surface area contributed by atoms with E-state index in [0.29, 0.717) is 19.6 Å². The van der Waals surface area contributed by atoms with Gasteiger partial charge in [-0.1, -0.05) is 23.9 Å². The first-order chi connectivity index (χ1) is 15.7. The number of nitrogens with one attached hydrogen (secondary N) is 1. The van der Waals surface area contributed by atoms with Gasteiger partial charge in [-0.25, -0.2) is 0 Å². The van der Waals surface area contributed by atoms with Gasteiger partial charge < -0.3 is 14.2 Å². The molecule has 2 aromatic carbocycles. The molecule has 2 atom stereocenters. The second-order valence-electron chi connectivity index (χ2n) is 9.02. The number of ether oxygens (including phenoxy) is 3. The lowest BCUT2D eigenvalue weighted by Gasteiger charge is -2.38. The number of hydrogen-bond acceptors (Lipinski definition) is 6. The summed E-state index contributed by atoms with van der Waals surface area (Å²) in [5, 5.41) is 1.69. The number of hydrogen-bond donors (Lipinski definition) is 1. The van der Waals surface area contributed by atoms with Gasteiger partial charge in [0.25, 0.3) is 5.24 Å². The molecule has 1 fully saturated rings. The highest BCUT2D eigenvalue weighted by atomic mass is 32.2. The number of carbonyl (C=O) groups excluding carboxylic acids is 2. The first kappa shape index (κ1) is 23.5. The Morgan fingerprint density at radius 3 is 2.45 bits per heavy atom. The van der Waals surface area contributed by atoms with Crippen LogP contribution < -0.4 is 19.5 Å². The lowest BCUT2D eigenvalue weighted by Crippen LogP contribution is -2.42. The Kier molecular flexibility index (Phi) is 6.61. The van der Waals surface area contributed by atoms with Crippen molar-refractivity contribution >= 4 is 22.9 Å². The topological polar surface area (TPSA) is 73.9 Å². The SMILES string of the molecule is CCOc1c(C)c(C)c2c(c1C)CCC(C)(COc1ccc(CC3SC(=O)NC3=O)cc1)O2. The van der Waals surface area contributed by atoms with Crippen LogP contribution in [0.2, 0.25) is 0 Å². The monoisotopic (exact) mass is 469 g/mol. The highest BCUT2D eigenvalue weighted by Crippen LogP contribution is 2.43. The maximum atomic E-state index is 11.8. The zero-order valence-electron chi connectivity index (χ0n) is 19.9. The maximum Gasteiger partial charge on any atom is 0.286 e. The minimum Gasteiger partial charge on any atom is -0.493 e. The molecule has 2 aromatic rings.